The first kappa shape index (κ1) is 15.0. The van der Waals surface area contributed by atoms with Gasteiger partial charge in [-0.15, -0.1) is 0 Å². The average molecular weight is 313 g/mol. The Morgan fingerprint density at radius 1 is 1.26 bits per heavy atom. The van der Waals surface area contributed by atoms with Crippen LogP contribution in [-0.4, -0.2) is 24.7 Å². The van der Waals surface area contributed by atoms with Crippen molar-refractivity contribution in [2.24, 2.45) is 12.8 Å². The Labute approximate surface area is 132 Å². The fourth-order valence-electron chi connectivity index (χ4n) is 2.20. The molecule has 1 aromatic carbocycles. The van der Waals surface area contributed by atoms with Crippen molar-refractivity contribution in [3.63, 3.8) is 0 Å². The van der Waals surface area contributed by atoms with Crippen LogP contribution in [0.5, 0.6) is 0 Å². The van der Waals surface area contributed by atoms with Gasteiger partial charge in [-0.2, -0.15) is 10.1 Å². The summed E-state index contributed by atoms with van der Waals surface area (Å²) in [5, 5.41) is 7.13. The molecule has 0 bridgehead atoms. The number of benzene rings is 1. The topological polar surface area (TPSA) is 94.5 Å². The molecule has 2 aromatic heterocycles. The van der Waals surface area contributed by atoms with Crippen LogP contribution in [0.25, 0.3) is 11.4 Å². The van der Waals surface area contributed by atoms with Crippen LogP contribution in [0.3, 0.4) is 0 Å². The van der Waals surface area contributed by atoms with Gasteiger partial charge in [-0.1, -0.05) is 6.07 Å². The molecule has 0 spiro atoms. The number of nitrogens with one attached hydrogen (secondary N) is 1. The molecule has 0 aliphatic rings. The molecule has 8 heteroatoms. The molecular formula is C15H16FN7. The fourth-order valence-corrected chi connectivity index (χ4v) is 2.20. The third kappa shape index (κ3) is 3.02. The molecule has 0 atom stereocenters. The van der Waals surface area contributed by atoms with Gasteiger partial charge in [0, 0.05) is 25.9 Å². The Bertz CT molecular complexity index is 844. The summed E-state index contributed by atoms with van der Waals surface area (Å²) < 4.78 is 16.2. The van der Waals surface area contributed by atoms with E-state index in [0.29, 0.717) is 22.9 Å². The lowest BCUT2D eigenvalue weighted by atomic mass is 10.0. The van der Waals surface area contributed by atoms with E-state index in [2.05, 4.69) is 25.4 Å². The second-order valence-electron chi connectivity index (χ2n) is 5.05. The molecule has 23 heavy (non-hydrogen) atoms. The SMILES string of the molecule is Cc1c(CN)ccc(-c2ncnc(Nc3ccn(C)n3)n2)c1F. The van der Waals surface area contributed by atoms with Gasteiger partial charge in [-0.25, -0.2) is 14.4 Å². The highest BCUT2D eigenvalue weighted by atomic mass is 19.1. The summed E-state index contributed by atoms with van der Waals surface area (Å²) in [5.74, 6) is 0.777. The predicted molar refractivity (Wildman–Crippen MR) is 84.3 cm³/mol. The number of aromatic nitrogens is 5. The third-order valence-electron chi connectivity index (χ3n) is 3.48. The van der Waals surface area contributed by atoms with Gasteiger partial charge in [0.1, 0.15) is 12.1 Å². The Morgan fingerprint density at radius 2 is 2.09 bits per heavy atom. The van der Waals surface area contributed by atoms with Gasteiger partial charge in [-0.05, 0) is 24.1 Å². The van der Waals surface area contributed by atoms with Gasteiger partial charge in [0.05, 0.1) is 5.56 Å². The van der Waals surface area contributed by atoms with Crippen LogP contribution < -0.4 is 11.1 Å². The fraction of sp³-hybridized carbons (Fsp3) is 0.200. The molecule has 3 aromatic rings. The number of rotatable bonds is 4. The smallest absolute Gasteiger partial charge is 0.231 e. The van der Waals surface area contributed by atoms with E-state index in [4.69, 9.17) is 5.73 Å². The van der Waals surface area contributed by atoms with E-state index in [1.807, 2.05) is 0 Å². The van der Waals surface area contributed by atoms with Crippen molar-refractivity contribution >= 4 is 11.8 Å². The summed E-state index contributed by atoms with van der Waals surface area (Å²) in [5.41, 5.74) is 7.17. The molecule has 0 unspecified atom stereocenters. The minimum absolute atomic E-state index is 0.252. The summed E-state index contributed by atoms with van der Waals surface area (Å²) in [6.07, 6.45) is 3.12. The van der Waals surface area contributed by atoms with Crippen LogP contribution in [0.15, 0.2) is 30.7 Å². The predicted octanol–water partition coefficient (Wildman–Crippen LogP) is 1.92. The molecule has 0 aliphatic heterocycles. The summed E-state index contributed by atoms with van der Waals surface area (Å²) in [6, 6.07) is 5.19. The summed E-state index contributed by atoms with van der Waals surface area (Å²) >= 11 is 0. The number of halogens is 1. The molecule has 0 amide bonds. The second kappa shape index (κ2) is 6.09. The first-order chi connectivity index (χ1) is 11.1. The van der Waals surface area contributed by atoms with Crippen molar-refractivity contribution in [2.45, 2.75) is 13.5 Å². The molecule has 0 aliphatic carbocycles. The molecule has 2 heterocycles. The Balaban J connectivity index is 1.95. The van der Waals surface area contributed by atoms with Crippen LogP contribution in [-0.2, 0) is 13.6 Å². The van der Waals surface area contributed by atoms with Gasteiger partial charge < -0.3 is 11.1 Å². The zero-order valence-electron chi connectivity index (χ0n) is 12.8. The van der Waals surface area contributed by atoms with E-state index in [0.717, 1.165) is 5.56 Å². The second-order valence-corrected chi connectivity index (χ2v) is 5.05. The number of aryl methyl sites for hydroxylation is 1. The van der Waals surface area contributed by atoms with E-state index in [-0.39, 0.29) is 18.2 Å². The molecule has 0 fully saturated rings. The zero-order valence-corrected chi connectivity index (χ0v) is 12.8. The van der Waals surface area contributed by atoms with Crippen molar-refractivity contribution in [3.05, 3.63) is 47.7 Å². The van der Waals surface area contributed by atoms with Crippen molar-refractivity contribution in [2.75, 3.05) is 5.32 Å². The van der Waals surface area contributed by atoms with Gasteiger partial charge in [-0.3, -0.25) is 4.68 Å². The maximum absolute atomic E-state index is 14.5. The zero-order chi connectivity index (χ0) is 16.4. The average Bonchev–Trinajstić information content (AvgIpc) is 2.95. The van der Waals surface area contributed by atoms with Gasteiger partial charge in [0.15, 0.2) is 11.6 Å². The van der Waals surface area contributed by atoms with Crippen molar-refractivity contribution < 1.29 is 4.39 Å². The molecular weight excluding hydrogens is 297 g/mol. The van der Waals surface area contributed by atoms with Gasteiger partial charge >= 0.3 is 0 Å². The highest BCUT2D eigenvalue weighted by molar-refractivity contribution is 5.60. The van der Waals surface area contributed by atoms with Crippen molar-refractivity contribution in [3.8, 4) is 11.4 Å². The van der Waals surface area contributed by atoms with Crippen LogP contribution in [0.2, 0.25) is 0 Å². The van der Waals surface area contributed by atoms with E-state index < -0.39 is 0 Å². The summed E-state index contributed by atoms with van der Waals surface area (Å²) in [4.78, 5) is 12.3. The minimum Gasteiger partial charge on any atom is -0.326 e. The Kier molecular flexibility index (Phi) is 3.98. The first-order valence-corrected chi connectivity index (χ1v) is 7.02. The quantitative estimate of drug-likeness (QED) is 0.764. The van der Waals surface area contributed by atoms with Crippen LogP contribution in [0.1, 0.15) is 11.1 Å². The van der Waals surface area contributed by atoms with E-state index in [9.17, 15) is 4.39 Å². The molecule has 0 saturated heterocycles. The molecule has 0 saturated carbocycles. The maximum Gasteiger partial charge on any atom is 0.231 e. The molecule has 3 rings (SSSR count). The lowest BCUT2D eigenvalue weighted by molar-refractivity contribution is 0.617. The molecule has 7 nitrogen and oxygen atoms in total. The van der Waals surface area contributed by atoms with E-state index in [1.54, 1.807) is 43.0 Å². The minimum atomic E-state index is -0.372. The van der Waals surface area contributed by atoms with E-state index >= 15 is 0 Å². The van der Waals surface area contributed by atoms with Crippen LogP contribution >= 0.6 is 0 Å². The molecule has 3 N–H and O–H groups in total. The third-order valence-corrected chi connectivity index (χ3v) is 3.48. The lowest BCUT2D eigenvalue weighted by Gasteiger charge is -2.09. The largest absolute Gasteiger partial charge is 0.326 e. The monoisotopic (exact) mass is 313 g/mol. The maximum atomic E-state index is 14.5. The van der Waals surface area contributed by atoms with E-state index in [1.165, 1.54) is 6.33 Å². The molecule has 118 valence electrons. The number of anilines is 2. The van der Waals surface area contributed by atoms with Gasteiger partial charge in [0.25, 0.3) is 0 Å². The van der Waals surface area contributed by atoms with Crippen molar-refractivity contribution in [1.29, 1.82) is 0 Å². The summed E-state index contributed by atoms with van der Waals surface area (Å²) in [6.45, 7) is 1.97. The Hall–Kier alpha value is -2.87. The number of nitrogens with two attached hydrogens (primary N) is 1. The molecule has 0 radical (unpaired) electrons. The lowest BCUT2D eigenvalue weighted by Crippen LogP contribution is -2.05. The highest BCUT2D eigenvalue weighted by Gasteiger charge is 2.14. The highest BCUT2D eigenvalue weighted by Crippen LogP contribution is 2.24. The number of hydrogen-bond acceptors (Lipinski definition) is 6. The van der Waals surface area contributed by atoms with Crippen LogP contribution in [0, 0.1) is 12.7 Å². The summed E-state index contributed by atoms with van der Waals surface area (Å²) in [7, 11) is 1.81. The number of hydrogen-bond donors (Lipinski definition) is 2. The first-order valence-electron chi connectivity index (χ1n) is 7.02. The normalized spacial score (nSPS) is 10.8. The van der Waals surface area contributed by atoms with Crippen LogP contribution in [0.4, 0.5) is 16.2 Å². The number of nitrogens with zero attached hydrogens (tertiary/aromatic N) is 5. The van der Waals surface area contributed by atoms with Gasteiger partial charge in [0.2, 0.25) is 5.95 Å². The standard InChI is InChI=1S/C15H16FN7/c1-9-10(7-17)3-4-11(13(9)16)14-18-8-19-15(21-14)20-12-5-6-23(2)22-12/h3-6,8H,7,17H2,1-2H3,(H,18,19,20,21,22). The Morgan fingerprint density at radius 3 is 2.78 bits per heavy atom. The van der Waals surface area contributed by atoms with Crippen molar-refractivity contribution in [1.82, 2.24) is 24.7 Å².